The normalized spacial score (nSPS) is 17.0. The maximum atomic E-state index is 12.1. The fourth-order valence-corrected chi connectivity index (χ4v) is 3.94. The number of carbonyl (C=O) groups is 2. The molecule has 4 nitrogen and oxygen atoms in total. The van der Waals surface area contributed by atoms with Gasteiger partial charge in [0.15, 0.2) is 5.12 Å². The van der Waals surface area contributed by atoms with Crippen molar-refractivity contribution in [2.24, 2.45) is 0 Å². The summed E-state index contributed by atoms with van der Waals surface area (Å²) < 4.78 is 6.80. The van der Waals surface area contributed by atoms with Crippen LogP contribution in [0.2, 0.25) is 0 Å². The van der Waals surface area contributed by atoms with Crippen molar-refractivity contribution in [3.63, 3.8) is 0 Å². The number of carbonyl (C=O) groups excluding carboxylic acids is 2. The molecule has 1 atom stereocenters. The zero-order chi connectivity index (χ0) is 17.8. The number of hydrogen-bond acceptors (Lipinski definition) is 4. The summed E-state index contributed by atoms with van der Waals surface area (Å²) in [5.41, 5.74) is 1.05. The zero-order valence-corrected chi connectivity index (χ0v) is 16.2. The van der Waals surface area contributed by atoms with Gasteiger partial charge >= 0.3 is 0 Å². The highest BCUT2D eigenvalue weighted by atomic mass is 79.9. The molecule has 0 N–H and O–H groups in total. The van der Waals surface area contributed by atoms with Gasteiger partial charge in [0, 0.05) is 36.2 Å². The molecule has 0 aliphatic carbocycles. The van der Waals surface area contributed by atoms with Crippen molar-refractivity contribution in [3.05, 3.63) is 58.6 Å². The van der Waals surface area contributed by atoms with Crippen molar-refractivity contribution < 1.29 is 14.3 Å². The minimum atomic E-state index is 0.0640. The van der Waals surface area contributed by atoms with Gasteiger partial charge in [-0.1, -0.05) is 39.8 Å². The molecular formula is C19H18BrNO3S. The molecule has 0 radical (unpaired) electrons. The van der Waals surface area contributed by atoms with Gasteiger partial charge in [-0.05, 0) is 42.0 Å². The second-order valence-corrected chi connectivity index (χ2v) is 8.30. The standard InChI is InChI=1S/C19H18BrNO3S/c1-13(22)25-18-10-19(23)21(12-18)11-14-2-6-16(7-3-14)24-17-8-4-15(20)5-9-17/h2-9,18H,10-12H2,1H3. The average Bonchev–Trinajstić information content (AvgIpc) is 2.90. The molecule has 2 aromatic carbocycles. The first kappa shape index (κ1) is 18.0. The Labute approximate surface area is 159 Å². The van der Waals surface area contributed by atoms with E-state index in [0.29, 0.717) is 19.5 Å². The van der Waals surface area contributed by atoms with E-state index in [0.717, 1.165) is 21.5 Å². The first-order valence-corrected chi connectivity index (χ1v) is 9.64. The van der Waals surface area contributed by atoms with Crippen LogP contribution in [0.1, 0.15) is 18.9 Å². The van der Waals surface area contributed by atoms with Gasteiger partial charge in [-0.15, -0.1) is 0 Å². The molecule has 1 aliphatic heterocycles. The predicted molar refractivity (Wildman–Crippen MR) is 103 cm³/mol. The summed E-state index contributed by atoms with van der Waals surface area (Å²) in [7, 11) is 0. The number of rotatable bonds is 5. The monoisotopic (exact) mass is 419 g/mol. The maximum absolute atomic E-state index is 12.1. The fraction of sp³-hybridized carbons (Fsp3) is 0.263. The number of thioether (sulfide) groups is 1. The van der Waals surface area contributed by atoms with E-state index in [1.54, 1.807) is 6.92 Å². The van der Waals surface area contributed by atoms with Crippen molar-refractivity contribution in [1.82, 2.24) is 4.90 Å². The average molecular weight is 420 g/mol. The molecular weight excluding hydrogens is 402 g/mol. The topological polar surface area (TPSA) is 46.6 Å². The molecule has 25 heavy (non-hydrogen) atoms. The zero-order valence-electron chi connectivity index (χ0n) is 13.8. The van der Waals surface area contributed by atoms with Crippen LogP contribution < -0.4 is 4.74 Å². The van der Waals surface area contributed by atoms with E-state index in [1.807, 2.05) is 53.4 Å². The molecule has 0 spiro atoms. The molecule has 1 saturated heterocycles. The Bertz CT molecular complexity index is 761. The van der Waals surface area contributed by atoms with Gasteiger partial charge in [0.1, 0.15) is 11.5 Å². The van der Waals surface area contributed by atoms with Gasteiger partial charge in [0.2, 0.25) is 5.91 Å². The lowest BCUT2D eigenvalue weighted by Gasteiger charge is -2.16. The van der Waals surface area contributed by atoms with E-state index in [4.69, 9.17) is 4.74 Å². The van der Waals surface area contributed by atoms with E-state index >= 15 is 0 Å². The Morgan fingerprint density at radius 2 is 1.76 bits per heavy atom. The van der Waals surface area contributed by atoms with Crippen LogP contribution in [0.4, 0.5) is 0 Å². The van der Waals surface area contributed by atoms with Gasteiger partial charge < -0.3 is 9.64 Å². The second-order valence-electron chi connectivity index (χ2n) is 5.91. The van der Waals surface area contributed by atoms with Crippen LogP contribution in [-0.2, 0) is 16.1 Å². The highest BCUT2D eigenvalue weighted by molar-refractivity contribution is 9.10. The van der Waals surface area contributed by atoms with E-state index in [2.05, 4.69) is 15.9 Å². The first-order chi connectivity index (χ1) is 12.0. The summed E-state index contributed by atoms with van der Waals surface area (Å²) in [5, 5.41) is 0.138. The molecule has 3 rings (SSSR count). The molecule has 6 heteroatoms. The second kappa shape index (κ2) is 8.06. The summed E-state index contributed by atoms with van der Waals surface area (Å²) in [5.74, 6) is 1.63. The summed E-state index contributed by atoms with van der Waals surface area (Å²) >= 11 is 4.66. The predicted octanol–water partition coefficient (Wildman–Crippen LogP) is 4.62. The Morgan fingerprint density at radius 1 is 1.16 bits per heavy atom. The van der Waals surface area contributed by atoms with Gasteiger partial charge in [-0.2, -0.15) is 0 Å². The number of hydrogen-bond donors (Lipinski definition) is 0. The number of amides is 1. The molecule has 2 aromatic rings. The van der Waals surface area contributed by atoms with Crippen LogP contribution in [0.25, 0.3) is 0 Å². The highest BCUT2D eigenvalue weighted by Crippen LogP contribution is 2.27. The number of benzene rings is 2. The van der Waals surface area contributed by atoms with Crippen molar-refractivity contribution in [2.45, 2.75) is 25.1 Å². The van der Waals surface area contributed by atoms with Crippen molar-refractivity contribution in [1.29, 1.82) is 0 Å². The number of likely N-dealkylation sites (tertiary alicyclic amines) is 1. The third-order valence-electron chi connectivity index (χ3n) is 3.86. The molecule has 1 fully saturated rings. The summed E-state index contributed by atoms with van der Waals surface area (Å²) in [6.45, 7) is 2.73. The van der Waals surface area contributed by atoms with Gasteiger partial charge in [0.05, 0.1) is 0 Å². The number of ether oxygens (including phenoxy) is 1. The molecule has 130 valence electrons. The van der Waals surface area contributed by atoms with E-state index in [9.17, 15) is 9.59 Å². The third kappa shape index (κ3) is 5.09. The first-order valence-electron chi connectivity index (χ1n) is 7.97. The summed E-state index contributed by atoms with van der Waals surface area (Å²) in [6, 6.07) is 15.4. The lowest BCUT2D eigenvalue weighted by atomic mass is 10.2. The Hall–Kier alpha value is -1.79. The Morgan fingerprint density at radius 3 is 2.36 bits per heavy atom. The molecule has 1 amide bonds. The Balaban J connectivity index is 1.58. The smallest absolute Gasteiger partial charge is 0.224 e. The summed E-state index contributed by atoms with van der Waals surface area (Å²) in [6.07, 6.45) is 0.439. The SMILES string of the molecule is CC(=O)SC1CC(=O)N(Cc2ccc(Oc3ccc(Br)cc3)cc2)C1. The third-order valence-corrected chi connectivity index (χ3v) is 5.37. The fourth-order valence-electron chi connectivity index (χ4n) is 2.72. The minimum absolute atomic E-state index is 0.0640. The minimum Gasteiger partial charge on any atom is -0.457 e. The van der Waals surface area contributed by atoms with Crippen LogP contribution in [0.5, 0.6) is 11.5 Å². The quantitative estimate of drug-likeness (QED) is 0.708. The van der Waals surface area contributed by atoms with E-state index < -0.39 is 0 Å². The molecule has 1 aliphatic rings. The molecule has 0 aromatic heterocycles. The van der Waals surface area contributed by atoms with Gasteiger partial charge in [0.25, 0.3) is 0 Å². The van der Waals surface area contributed by atoms with E-state index in [-0.39, 0.29) is 16.3 Å². The van der Waals surface area contributed by atoms with Gasteiger partial charge in [-0.3, -0.25) is 9.59 Å². The van der Waals surface area contributed by atoms with Crippen LogP contribution in [0.15, 0.2) is 53.0 Å². The van der Waals surface area contributed by atoms with Crippen molar-refractivity contribution in [3.8, 4) is 11.5 Å². The molecule has 0 saturated carbocycles. The van der Waals surface area contributed by atoms with Crippen molar-refractivity contribution >= 4 is 38.7 Å². The van der Waals surface area contributed by atoms with Crippen LogP contribution in [-0.4, -0.2) is 27.7 Å². The van der Waals surface area contributed by atoms with Gasteiger partial charge in [-0.25, -0.2) is 0 Å². The lowest BCUT2D eigenvalue weighted by molar-refractivity contribution is -0.128. The van der Waals surface area contributed by atoms with Crippen molar-refractivity contribution in [2.75, 3.05) is 6.54 Å². The summed E-state index contributed by atoms with van der Waals surface area (Å²) in [4.78, 5) is 25.1. The van der Waals surface area contributed by atoms with Crippen LogP contribution in [0, 0.1) is 0 Å². The molecule has 0 bridgehead atoms. The lowest BCUT2D eigenvalue weighted by Crippen LogP contribution is -2.24. The highest BCUT2D eigenvalue weighted by Gasteiger charge is 2.30. The number of nitrogens with zero attached hydrogens (tertiary/aromatic N) is 1. The molecule has 1 heterocycles. The molecule has 1 unspecified atom stereocenters. The van der Waals surface area contributed by atoms with Crippen LogP contribution in [0.3, 0.4) is 0 Å². The van der Waals surface area contributed by atoms with E-state index in [1.165, 1.54) is 11.8 Å². The number of halogens is 1. The van der Waals surface area contributed by atoms with Crippen LogP contribution >= 0.6 is 27.7 Å². The Kier molecular flexibility index (Phi) is 5.81. The largest absolute Gasteiger partial charge is 0.457 e. The maximum Gasteiger partial charge on any atom is 0.224 e.